The van der Waals surface area contributed by atoms with Gasteiger partial charge in [-0.2, -0.15) is 0 Å². The highest BCUT2D eigenvalue weighted by Gasteiger charge is 2.26. The first-order valence-electron chi connectivity index (χ1n) is 8.71. The molecule has 0 spiro atoms. The van der Waals surface area contributed by atoms with Gasteiger partial charge in [0.2, 0.25) is 5.91 Å². The minimum absolute atomic E-state index is 0.0337. The highest BCUT2D eigenvalue weighted by Crippen LogP contribution is 2.17. The maximum absolute atomic E-state index is 12.2. The highest BCUT2D eigenvalue weighted by molar-refractivity contribution is 5.78. The third-order valence-corrected chi connectivity index (χ3v) is 4.77. The third-order valence-electron chi connectivity index (χ3n) is 4.77. The molecule has 0 aliphatic carbocycles. The molecule has 132 valence electrons. The Morgan fingerprint density at radius 3 is 2.83 bits per heavy atom. The van der Waals surface area contributed by atoms with Crippen LogP contribution in [0.3, 0.4) is 0 Å². The quantitative estimate of drug-likeness (QED) is 0.834. The SMILES string of the molecule is Cc1cccc(N2CCN(CC(=O)N[C@@H]3COCC[C@H]3O)CC2)c1. The number of aliphatic hydroxyl groups excluding tert-OH is 1. The van der Waals surface area contributed by atoms with Gasteiger partial charge in [0, 0.05) is 38.5 Å². The first-order valence-corrected chi connectivity index (χ1v) is 8.71. The Labute approximate surface area is 143 Å². The van der Waals surface area contributed by atoms with Crippen molar-refractivity contribution in [2.75, 3.05) is 50.8 Å². The van der Waals surface area contributed by atoms with E-state index in [1.807, 2.05) is 0 Å². The second-order valence-electron chi connectivity index (χ2n) is 6.71. The van der Waals surface area contributed by atoms with E-state index in [1.165, 1.54) is 11.3 Å². The van der Waals surface area contributed by atoms with E-state index in [1.54, 1.807) is 0 Å². The van der Waals surface area contributed by atoms with Crippen molar-refractivity contribution in [3.05, 3.63) is 29.8 Å². The fourth-order valence-corrected chi connectivity index (χ4v) is 3.31. The van der Waals surface area contributed by atoms with Crippen molar-refractivity contribution in [3.63, 3.8) is 0 Å². The number of carbonyl (C=O) groups excluding carboxylic acids is 1. The van der Waals surface area contributed by atoms with Crippen LogP contribution in [0.25, 0.3) is 0 Å². The molecule has 0 aromatic heterocycles. The lowest BCUT2D eigenvalue weighted by Crippen LogP contribution is -2.54. The summed E-state index contributed by atoms with van der Waals surface area (Å²) in [5.74, 6) is -0.0337. The van der Waals surface area contributed by atoms with Crippen LogP contribution in [0.4, 0.5) is 5.69 Å². The number of ether oxygens (including phenoxy) is 1. The van der Waals surface area contributed by atoms with E-state index >= 15 is 0 Å². The molecule has 1 aromatic rings. The molecule has 0 radical (unpaired) electrons. The van der Waals surface area contributed by atoms with Crippen LogP contribution in [0.2, 0.25) is 0 Å². The predicted octanol–water partition coefficient (Wildman–Crippen LogP) is 0.383. The molecule has 2 aliphatic heterocycles. The van der Waals surface area contributed by atoms with E-state index in [0.29, 0.717) is 26.2 Å². The van der Waals surface area contributed by atoms with Gasteiger partial charge in [-0.3, -0.25) is 9.69 Å². The van der Waals surface area contributed by atoms with E-state index in [9.17, 15) is 9.90 Å². The molecule has 2 heterocycles. The van der Waals surface area contributed by atoms with Gasteiger partial charge in [0.25, 0.3) is 0 Å². The Hall–Kier alpha value is -1.63. The van der Waals surface area contributed by atoms with Gasteiger partial charge >= 0.3 is 0 Å². The van der Waals surface area contributed by atoms with Crippen LogP contribution in [-0.4, -0.2) is 74.0 Å². The maximum atomic E-state index is 12.2. The standard InChI is InChI=1S/C18H27N3O3/c1-14-3-2-4-15(11-14)21-8-6-20(7-9-21)12-18(23)19-16-13-24-10-5-17(16)22/h2-4,11,16-17,22H,5-10,12-13H2,1H3,(H,19,23)/t16-,17-/m1/s1. The first-order chi connectivity index (χ1) is 11.6. The summed E-state index contributed by atoms with van der Waals surface area (Å²) in [5, 5.41) is 12.8. The van der Waals surface area contributed by atoms with Crippen LogP contribution in [0.15, 0.2) is 24.3 Å². The molecule has 2 saturated heterocycles. The second-order valence-corrected chi connectivity index (χ2v) is 6.71. The molecule has 2 fully saturated rings. The smallest absolute Gasteiger partial charge is 0.234 e. The lowest BCUT2D eigenvalue weighted by atomic mass is 10.1. The van der Waals surface area contributed by atoms with Gasteiger partial charge in [0.15, 0.2) is 0 Å². The Morgan fingerprint density at radius 2 is 2.12 bits per heavy atom. The van der Waals surface area contributed by atoms with Crippen molar-refractivity contribution in [1.29, 1.82) is 0 Å². The van der Waals surface area contributed by atoms with Gasteiger partial charge in [-0.25, -0.2) is 0 Å². The molecule has 0 unspecified atom stereocenters. The molecule has 0 saturated carbocycles. The first kappa shape index (κ1) is 17.2. The number of hydrogen-bond donors (Lipinski definition) is 2. The fourth-order valence-electron chi connectivity index (χ4n) is 3.31. The average Bonchev–Trinajstić information content (AvgIpc) is 2.58. The van der Waals surface area contributed by atoms with Gasteiger partial charge in [-0.15, -0.1) is 0 Å². The van der Waals surface area contributed by atoms with Crippen molar-refractivity contribution >= 4 is 11.6 Å². The summed E-state index contributed by atoms with van der Waals surface area (Å²) >= 11 is 0. The highest BCUT2D eigenvalue weighted by atomic mass is 16.5. The summed E-state index contributed by atoms with van der Waals surface area (Å²) in [6, 6.07) is 8.25. The molecular weight excluding hydrogens is 306 g/mol. The number of nitrogens with one attached hydrogen (secondary N) is 1. The molecule has 1 aromatic carbocycles. The topological polar surface area (TPSA) is 65.0 Å². The molecule has 24 heavy (non-hydrogen) atoms. The van der Waals surface area contributed by atoms with E-state index < -0.39 is 6.10 Å². The Balaban J connectivity index is 1.44. The molecule has 1 amide bonds. The Bertz CT molecular complexity index is 558. The van der Waals surface area contributed by atoms with Crippen molar-refractivity contribution in [1.82, 2.24) is 10.2 Å². The molecule has 6 nitrogen and oxygen atoms in total. The number of aliphatic hydroxyl groups is 1. The number of carbonyl (C=O) groups is 1. The predicted molar refractivity (Wildman–Crippen MR) is 93.2 cm³/mol. The lowest BCUT2D eigenvalue weighted by molar-refractivity contribution is -0.125. The zero-order valence-electron chi connectivity index (χ0n) is 14.3. The average molecular weight is 333 g/mol. The zero-order valence-corrected chi connectivity index (χ0v) is 14.3. The third kappa shape index (κ3) is 4.47. The van der Waals surface area contributed by atoms with Gasteiger partial charge in [0.05, 0.1) is 25.3 Å². The number of hydrogen-bond acceptors (Lipinski definition) is 5. The summed E-state index contributed by atoms with van der Waals surface area (Å²) in [6.07, 6.45) is 0.0842. The lowest BCUT2D eigenvalue weighted by Gasteiger charge is -2.36. The normalized spacial score (nSPS) is 25.5. The molecular formula is C18H27N3O3. The van der Waals surface area contributed by atoms with Crippen molar-refractivity contribution in [2.24, 2.45) is 0 Å². The van der Waals surface area contributed by atoms with Crippen LogP contribution < -0.4 is 10.2 Å². The van der Waals surface area contributed by atoms with Gasteiger partial charge in [0.1, 0.15) is 0 Å². The van der Waals surface area contributed by atoms with Crippen molar-refractivity contribution in [2.45, 2.75) is 25.5 Å². The minimum Gasteiger partial charge on any atom is -0.391 e. The number of benzene rings is 1. The maximum Gasteiger partial charge on any atom is 0.234 e. The number of piperazine rings is 1. The number of aryl methyl sites for hydroxylation is 1. The van der Waals surface area contributed by atoms with Crippen molar-refractivity contribution in [3.8, 4) is 0 Å². The summed E-state index contributed by atoms with van der Waals surface area (Å²) in [4.78, 5) is 16.7. The minimum atomic E-state index is -0.499. The van der Waals surface area contributed by atoms with Crippen LogP contribution in [0.1, 0.15) is 12.0 Å². The molecule has 2 aliphatic rings. The largest absolute Gasteiger partial charge is 0.391 e. The van der Waals surface area contributed by atoms with E-state index in [0.717, 1.165) is 26.2 Å². The Morgan fingerprint density at radius 1 is 1.33 bits per heavy atom. The second kappa shape index (κ2) is 7.96. The van der Waals surface area contributed by atoms with Gasteiger partial charge in [-0.1, -0.05) is 12.1 Å². The summed E-state index contributed by atoms with van der Waals surface area (Å²) in [7, 11) is 0. The molecule has 2 N–H and O–H groups in total. The summed E-state index contributed by atoms with van der Waals surface area (Å²) in [6.45, 7) is 7.02. The van der Waals surface area contributed by atoms with Crippen LogP contribution in [-0.2, 0) is 9.53 Å². The molecule has 6 heteroatoms. The van der Waals surface area contributed by atoms with Gasteiger partial charge < -0.3 is 20.1 Å². The van der Waals surface area contributed by atoms with Gasteiger partial charge in [-0.05, 0) is 31.0 Å². The van der Waals surface area contributed by atoms with E-state index in [-0.39, 0.29) is 11.9 Å². The summed E-state index contributed by atoms with van der Waals surface area (Å²) < 4.78 is 5.32. The molecule has 0 bridgehead atoms. The fraction of sp³-hybridized carbons (Fsp3) is 0.611. The Kier molecular flexibility index (Phi) is 5.71. The number of amides is 1. The zero-order chi connectivity index (χ0) is 16.9. The number of nitrogens with zero attached hydrogens (tertiary/aromatic N) is 2. The van der Waals surface area contributed by atoms with Crippen LogP contribution in [0, 0.1) is 6.92 Å². The number of anilines is 1. The molecule has 2 atom stereocenters. The monoisotopic (exact) mass is 333 g/mol. The summed E-state index contributed by atoms with van der Waals surface area (Å²) in [5.41, 5.74) is 2.52. The van der Waals surface area contributed by atoms with E-state index in [4.69, 9.17) is 4.74 Å². The molecule has 3 rings (SSSR count). The van der Waals surface area contributed by atoms with Crippen molar-refractivity contribution < 1.29 is 14.6 Å². The van der Waals surface area contributed by atoms with Crippen LogP contribution >= 0.6 is 0 Å². The van der Waals surface area contributed by atoms with Crippen LogP contribution in [0.5, 0.6) is 0 Å². The van der Waals surface area contributed by atoms with E-state index in [2.05, 4.69) is 46.3 Å². The number of rotatable bonds is 4.